The van der Waals surface area contributed by atoms with Gasteiger partial charge in [-0.2, -0.15) is 0 Å². The number of para-hydroxylation sites is 5. The molecular formula is C66H48N2O2. The number of allylic oxidation sites excluding steroid dienone is 4. The smallest absolute Gasteiger partial charge is 0.159 e. The third-order valence-electron chi connectivity index (χ3n) is 15.3. The predicted octanol–water partition coefficient (Wildman–Crippen LogP) is 18.0. The van der Waals surface area contributed by atoms with Crippen LogP contribution in [-0.4, -0.2) is 6.04 Å². The average molecular weight is 901 g/mol. The van der Waals surface area contributed by atoms with Crippen molar-refractivity contribution in [2.24, 2.45) is 5.92 Å². The second-order valence-corrected chi connectivity index (χ2v) is 19.4. The number of nitrogens with zero attached hydrogens (tertiary/aromatic N) is 2. The Kier molecular flexibility index (Phi) is 9.09. The van der Waals surface area contributed by atoms with Crippen molar-refractivity contribution in [3.05, 3.63) is 247 Å². The fraction of sp³-hybridized carbons (Fsp3) is 0.0909. The highest BCUT2D eigenvalue weighted by Crippen LogP contribution is 2.55. The van der Waals surface area contributed by atoms with Crippen molar-refractivity contribution < 1.29 is 8.83 Å². The minimum atomic E-state index is -0.264. The quantitative estimate of drug-likeness (QED) is 0.152. The summed E-state index contributed by atoms with van der Waals surface area (Å²) in [5, 5.41) is 6.95. The van der Waals surface area contributed by atoms with Gasteiger partial charge in [0.2, 0.25) is 0 Å². The molecule has 3 unspecified atom stereocenters. The van der Waals surface area contributed by atoms with E-state index in [2.05, 4.69) is 254 Å². The number of furan rings is 2. The summed E-state index contributed by atoms with van der Waals surface area (Å²) in [6.07, 6.45) is 15.1. The molecule has 3 aliphatic rings. The Labute approximate surface area is 407 Å². The molecule has 0 fully saturated rings. The molecular weight excluding hydrogens is 853 g/mol. The molecule has 2 heterocycles. The summed E-state index contributed by atoms with van der Waals surface area (Å²) in [5.41, 5.74) is 17.3. The SMILES string of the molecule is CC1C=CC=C(c2ccccc2)C1N(c1ccc2ccc3c4c2c1C=CC4(C)CC=C3N(c1ccccc1-c1ccccc1)c1cccc2c1oc1ccccc12)c1cccc2c1oc1ccccc12. The lowest BCUT2D eigenvalue weighted by atomic mass is 9.67. The van der Waals surface area contributed by atoms with Crippen LogP contribution in [0.4, 0.5) is 22.7 Å². The van der Waals surface area contributed by atoms with Crippen LogP contribution in [0.15, 0.2) is 233 Å². The standard InChI is InChI=1S/C66H48N2O2/c1-42-18-15-26-47(44-21-7-4-8-22-44)63(42)68(58-31-17-28-51-49-25-11-14-33-60(49)70-65(51)58)55-37-35-45-34-36-53-56(39-41-66(2)40-38-52(55)61(45)62(53)66)67(54-29-12-9-23-46(54)43-19-5-3-6-20-43)57-30-16-27-50-48-24-10-13-32-59(48)69-64(50)57/h3-40,42,63H,41H2,1-2H3. The van der Waals surface area contributed by atoms with E-state index in [1.807, 2.05) is 0 Å². The molecule has 70 heavy (non-hydrogen) atoms. The molecule has 0 amide bonds. The molecule has 9 aromatic carbocycles. The summed E-state index contributed by atoms with van der Waals surface area (Å²) in [6.45, 7) is 4.77. The van der Waals surface area contributed by atoms with Crippen molar-refractivity contribution in [3.63, 3.8) is 0 Å². The van der Waals surface area contributed by atoms with Crippen molar-refractivity contribution >= 4 is 94.7 Å². The van der Waals surface area contributed by atoms with E-state index < -0.39 is 0 Å². The Balaban J connectivity index is 1.03. The highest BCUT2D eigenvalue weighted by molar-refractivity contribution is 6.14. The summed E-state index contributed by atoms with van der Waals surface area (Å²) >= 11 is 0. The molecule has 2 aromatic heterocycles. The van der Waals surface area contributed by atoms with Gasteiger partial charge in [0.15, 0.2) is 11.2 Å². The first kappa shape index (κ1) is 40.5. The van der Waals surface area contributed by atoms with Gasteiger partial charge in [0, 0.05) is 55.0 Å². The van der Waals surface area contributed by atoms with Gasteiger partial charge in [-0.05, 0) is 81.8 Å². The fourth-order valence-corrected chi connectivity index (χ4v) is 12.0. The van der Waals surface area contributed by atoms with Crippen LogP contribution in [0.2, 0.25) is 0 Å². The fourth-order valence-electron chi connectivity index (χ4n) is 12.0. The summed E-state index contributed by atoms with van der Waals surface area (Å²) in [4.78, 5) is 5.08. The number of anilines is 4. The first-order valence-corrected chi connectivity index (χ1v) is 24.5. The Morgan fingerprint density at radius 3 is 1.87 bits per heavy atom. The molecule has 0 N–H and O–H groups in total. The number of rotatable bonds is 8. The Bertz CT molecular complexity index is 4040. The van der Waals surface area contributed by atoms with Crippen LogP contribution in [0.25, 0.3) is 83.1 Å². The van der Waals surface area contributed by atoms with Gasteiger partial charge in [0.25, 0.3) is 0 Å². The highest BCUT2D eigenvalue weighted by atomic mass is 16.3. The maximum Gasteiger partial charge on any atom is 0.159 e. The van der Waals surface area contributed by atoms with Gasteiger partial charge in [-0.15, -0.1) is 0 Å². The molecule has 11 aromatic rings. The van der Waals surface area contributed by atoms with Gasteiger partial charge >= 0.3 is 0 Å². The number of fused-ring (bicyclic) bond motifs is 6. The van der Waals surface area contributed by atoms with Gasteiger partial charge in [0.1, 0.15) is 11.2 Å². The van der Waals surface area contributed by atoms with E-state index in [1.54, 1.807) is 0 Å². The van der Waals surface area contributed by atoms with Crippen molar-refractivity contribution in [2.45, 2.75) is 31.7 Å². The molecule has 0 spiro atoms. The van der Waals surface area contributed by atoms with E-state index in [4.69, 9.17) is 8.83 Å². The van der Waals surface area contributed by atoms with Crippen LogP contribution in [0, 0.1) is 5.92 Å². The second-order valence-electron chi connectivity index (χ2n) is 19.4. The number of hydrogen-bond acceptors (Lipinski definition) is 4. The van der Waals surface area contributed by atoms with E-state index in [1.165, 1.54) is 38.6 Å². The van der Waals surface area contributed by atoms with Crippen LogP contribution in [0.5, 0.6) is 0 Å². The van der Waals surface area contributed by atoms with Gasteiger partial charge in [-0.1, -0.05) is 208 Å². The van der Waals surface area contributed by atoms with Crippen molar-refractivity contribution in [3.8, 4) is 11.1 Å². The minimum absolute atomic E-state index is 0.0501. The van der Waals surface area contributed by atoms with Crippen LogP contribution in [0.1, 0.15) is 42.5 Å². The molecule has 0 aliphatic heterocycles. The molecule has 4 nitrogen and oxygen atoms in total. The molecule has 4 heteroatoms. The van der Waals surface area contributed by atoms with Crippen molar-refractivity contribution in [1.29, 1.82) is 0 Å². The van der Waals surface area contributed by atoms with Gasteiger partial charge < -0.3 is 18.6 Å². The zero-order valence-electron chi connectivity index (χ0n) is 39.0. The van der Waals surface area contributed by atoms with Crippen molar-refractivity contribution in [2.75, 3.05) is 9.80 Å². The topological polar surface area (TPSA) is 32.8 Å². The largest absolute Gasteiger partial charge is 0.454 e. The number of hydrogen-bond donors (Lipinski definition) is 0. The average Bonchev–Trinajstić information content (AvgIpc) is 3.99. The van der Waals surface area contributed by atoms with E-state index in [-0.39, 0.29) is 17.4 Å². The predicted molar refractivity (Wildman–Crippen MR) is 293 cm³/mol. The highest BCUT2D eigenvalue weighted by Gasteiger charge is 2.40. The Morgan fingerprint density at radius 2 is 1.13 bits per heavy atom. The van der Waals surface area contributed by atoms with E-state index >= 15 is 0 Å². The zero-order chi connectivity index (χ0) is 46.5. The normalized spacial score (nSPS) is 18.2. The minimum Gasteiger partial charge on any atom is -0.454 e. The van der Waals surface area contributed by atoms with Gasteiger partial charge in [-0.3, -0.25) is 0 Å². The van der Waals surface area contributed by atoms with Crippen LogP contribution in [0.3, 0.4) is 0 Å². The molecule has 0 bridgehead atoms. The zero-order valence-corrected chi connectivity index (χ0v) is 39.0. The summed E-state index contributed by atoms with van der Waals surface area (Å²) in [6, 6.07) is 69.9. The molecule has 334 valence electrons. The van der Waals surface area contributed by atoms with E-state index in [0.717, 1.165) is 89.9 Å². The summed E-state index contributed by atoms with van der Waals surface area (Å²) in [5.74, 6) is 0.166. The van der Waals surface area contributed by atoms with Gasteiger partial charge in [0.05, 0.1) is 23.1 Å². The van der Waals surface area contributed by atoms with Gasteiger partial charge in [-0.25, -0.2) is 0 Å². The van der Waals surface area contributed by atoms with Crippen LogP contribution in [-0.2, 0) is 5.41 Å². The molecule has 3 atom stereocenters. The van der Waals surface area contributed by atoms with Crippen LogP contribution < -0.4 is 9.80 Å². The van der Waals surface area contributed by atoms with E-state index in [0.29, 0.717) is 0 Å². The molecule has 3 aliphatic carbocycles. The Hall–Kier alpha value is -8.60. The number of benzene rings is 9. The van der Waals surface area contributed by atoms with Crippen molar-refractivity contribution in [1.82, 2.24) is 0 Å². The molecule has 14 rings (SSSR count). The summed E-state index contributed by atoms with van der Waals surface area (Å²) in [7, 11) is 0. The lowest BCUT2D eigenvalue weighted by molar-refractivity contribution is 0.600. The molecule has 0 radical (unpaired) electrons. The maximum absolute atomic E-state index is 6.93. The monoisotopic (exact) mass is 900 g/mol. The molecule has 0 saturated carbocycles. The first-order valence-electron chi connectivity index (χ1n) is 24.5. The third-order valence-corrected chi connectivity index (χ3v) is 15.3. The molecule has 0 saturated heterocycles. The second kappa shape index (κ2) is 15.7. The Morgan fingerprint density at radius 1 is 0.529 bits per heavy atom. The maximum atomic E-state index is 6.93. The van der Waals surface area contributed by atoms with Crippen LogP contribution >= 0.6 is 0 Å². The van der Waals surface area contributed by atoms with E-state index in [9.17, 15) is 0 Å². The summed E-state index contributed by atoms with van der Waals surface area (Å²) < 4.78 is 13.8. The first-order chi connectivity index (χ1) is 34.5. The lowest BCUT2D eigenvalue weighted by Gasteiger charge is -2.43. The lowest BCUT2D eigenvalue weighted by Crippen LogP contribution is -2.39. The third kappa shape index (κ3) is 6.09.